The van der Waals surface area contributed by atoms with Gasteiger partial charge in [-0.15, -0.1) is 0 Å². The molecular formula is C20H18O2. The lowest BCUT2D eigenvalue weighted by Gasteiger charge is -2.07. The maximum atomic E-state index is 12.7. The Morgan fingerprint density at radius 3 is 2.32 bits per heavy atom. The topological polar surface area (TPSA) is 26.3 Å². The van der Waals surface area contributed by atoms with E-state index in [0.29, 0.717) is 0 Å². The molecule has 1 aliphatic rings. The zero-order chi connectivity index (χ0) is 15.5. The van der Waals surface area contributed by atoms with E-state index in [4.69, 9.17) is 4.74 Å². The highest BCUT2D eigenvalue weighted by atomic mass is 16.5. The van der Waals surface area contributed by atoms with Crippen LogP contribution in [0.15, 0.2) is 71.8 Å². The molecule has 2 nitrogen and oxygen atoms in total. The largest absolute Gasteiger partial charge is 0.497 e. The van der Waals surface area contributed by atoms with Crippen molar-refractivity contribution in [2.24, 2.45) is 0 Å². The van der Waals surface area contributed by atoms with E-state index in [2.05, 4.69) is 0 Å². The molecule has 0 amide bonds. The van der Waals surface area contributed by atoms with Crippen LogP contribution < -0.4 is 4.74 Å². The van der Waals surface area contributed by atoms with Crippen molar-refractivity contribution < 1.29 is 9.53 Å². The Bertz CT molecular complexity index is 737. The summed E-state index contributed by atoms with van der Waals surface area (Å²) in [5.74, 6) is 0.819. The number of hydrogen-bond acceptors (Lipinski definition) is 2. The quantitative estimate of drug-likeness (QED) is 0.784. The van der Waals surface area contributed by atoms with Crippen LogP contribution in [0.3, 0.4) is 0 Å². The number of ketones is 1. The van der Waals surface area contributed by atoms with E-state index in [0.717, 1.165) is 28.0 Å². The third-order valence-electron chi connectivity index (χ3n) is 3.97. The van der Waals surface area contributed by atoms with E-state index < -0.39 is 0 Å². The highest BCUT2D eigenvalue weighted by Gasteiger charge is 2.28. The van der Waals surface area contributed by atoms with Gasteiger partial charge >= 0.3 is 0 Å². The molecule has 2 aromatic rings. The molecule has 110 valence electrons. The molecule has 0 bridgehead atoms. The molecule has 0 heterocycles. The molecule has 0 aromatic heterocycles. The minimum Gasteiger partial charge on any atom is -0.497 e. The van der Waals surface area contributed by atoms with Gasteiger partial charge in [-0.3, -0.25) is 4.79 Å². The van der Waals surface area contributed by atoms with Gasteiger partial charge in [0.25, 0.3) is 0 Å². The van der Waals surface area contributed by atoms with Gasteiger partial charge in [-0.25, -0.2) is 0 Å². The summed E-state index contributed by atoms with van der Waals surface area (Å²) in [6, 6.07) is 17.6. The zero-order valence-electron chi connectivity index (χ0n) is 12.7. The fourth-order valence-corrected chi connectivity index (χ4v) is 2.74. The third kappa shape index (κ3) is 2.73. The SMILES string of the molecule is COc1ccc(C=C2C(=O)C(c3ccccc3)C=C2C)cc1. The zero-order valence-corrected chi connectivity index (χ0v) is 12.7. The number of rotatable bonds is 3. The monoisotopic (exact) mass is 290 g/mol. The van der Waals surface area contributed by atoms with E-state index in [9.17, 15) is 4.79 Å². The number of allylic oxidation sites excluding steroid dienone is 3. The average Bonchev–Trinajstić information content (AvgIpc) is 2.84. The minimum atomic E-state index is -0.161. The van der Waals surface area contributed by atoms with Crippen LogP contribution in [0.4, 0.5) is 0 Å². The molecule has 2 aromatic carbocycles. The second-order valence-electron chi connectivity index (χ2n) is 5.43. The van der Waals surface area contributed by atoms with Gasteiger partial charge in [0.1, 0.15) is 5.75 Å². The molecular weight excluding hydrogens is 272 g/mol. The summed E-state index contributed by atoms with van der Waals surface area (Å²) < 4.78 is 5.16. The molecule has 0 radical (unpaired) electrons. The van der Waals surface area contributed by atoms with Crippen molar-refractivity contribution >= 4 is 11.9 Å². The van der Waals surface area contributed by atoms with Gasteiger partial charge in [-0.1, -0.05) is 48.5 Å². The van der Waals surface area contributed by atoms with Crippen LogP contribution in [0.2, 0.25) is 0 Å². The first-order valence-electron chi connectivity index (χ1n) is 7.33. The summed E-state index contributed by atoms with van der Waals surface area (Å²) in [5.41, 5.74) is 3.88. The molecule has 1 unspecified atom stereocenters. The normalized spacial score (nSPS) is 19.4. The first kappa shape index (κ1) is 14.3. The van der Waals surface area contributed by atoms with Crippen molar-refractivity contribution in [3.05, 3.63) is 82.9 Å². The highest BCUT2D eigenvalue weighted by molar-refractivity contribution is 6.11. The van der Waals surface area contributed by atoms with Gasteiger partial charge in [0.05, 0.1) is 13.0 Å². The van der Waals surface area contributed by atoms with Crippen LogP contribution in [0.25, 0.3) is 6.08 Å². The first-order chi connectivity index (χ1) is 10.7. The highest BCUT2D eigenvalue weighted by Crippen LogP contribution is 2.34. The number of methoxy groups -OCH3 is 1. The van der Waals surface area contributed by atoms with Gasteiger partial charge in [-0.05, 0) is 41.8 Å². The molecule has 0 aliphatic heterocycles. The van der Waals surface area contributed by atoms with Crippen LogP contribution in [0, 0.1) is 0 Å². The fraction of sp³-hybridized carbons (Fsp3) is 0.150. The number of carbonyl (C=O) groups is 1. The molecule has 22 heavy (non-hydrogen) atoms. The van der Waals surface area contributed by atoms with E-state index >= 15 is 0 Å². The molecule has 0 saturated heterocycles. The van der Waals surface area contributed by atoms with Crippen LogP contribution in [-0.4, -0.2) is 12.9 Å². The molecule has 3 rings (SSSR count). The van der Waals surface area contributed by atoms with Crippen LogP contribution in [0.5, 0.6) is 5.75 Å². The predicted octanol–water partition coefficient (Wildman–Crippen LogP) is 4.39. The van der Waals surface area contributed by atoms with Gasteiger partial charge < -0.3 is 4.74 Å². The summed E-state index contributed by atoms with van der Waals surface area (Å²) >= 11 is 0. The second-order valence-corrected chi connectivity index (χ2v) is 5.43. The van der Waals surface area contributed by atoms with Gasteiger partial charge in [0.2, 0.25) is 0 Å². The lowest BCUT2D eigenvalue weighted by molar-refractivity contribution is -0.115. The molecule has 1 atom stereocenters. The molecule has 0 saturated carbocycles. The first-order valence-corrected chi connectivity index (χ1v) is 7.33. The second kappa shape index (κ2) is 6.02. The Labute approximate surface area is 130 Å². The smallest absolute Gasteiger partial charge is 0.174 e. The van der Waals surface area contributed by atoms with Crippen molar-refractivity contribution in [3.8, 4) is 5.75 Å². The number of hydrogen-bond donors (Lipinski definition) is 0. The molecule has 0 fully saturated rings. The maximum absolute atomic E-state index is 12.7. The standard InChI is InChI=1S/C20H18O2/c1-14-12-19(16-6-4-3-5-7-16)20(21)18(14)13-15-8-10-17(22-2)11-9-15/h3-13,19H,1-2H3. The third-order valence-corrected chi connectivity index (χ3v) is 3.97. The van der Waals surface area contributed by atoms with E-state index in [-0.39, 0.29) is 11.7 Å². The average molecular weight is 290 g/mol. The van der Waals surface area contributed by atoms with Crippen LogP contribution in [0.1, 0.15) is 24.0 Å². The van der Waals surface area contributed by atoms with Gasteiger partial charge in [0.15, 0.2) is 5.78 Å². The van der Waals surface area contributed by atoms with Gasteiger partial charge in [0, 0.05) is 5.57 Å². The van der Waals surface area contributed by atoms with E-state index in [1.807, 2.05) is 73.7 Å². The summed E-state index contributed by atoms with van der Waals surface area (Å²) in [7, 11) is 1.64. The van der Waals surface area contributed by atoms with Crippen molar-refractivity contribution in [2.45, 2.75) is 12.8 Å². The molecule has 2 heteroatoms. The van der Waals surface area contributed by atoms with Crippen LogP contribution >= 0.6 is 0 Å². The van der Waals surface area contributed by atoms with Gasteiger partial charge in [-0.2, -0.15) is 0 Å². The number of carbonyl (C=O) groups excluding carboxylic acids is 1. The summed E-state index contributed by atoms with van der Waals surface area (Å²) in [4.78, 5) is 12.7. The van der Waals surface area contributed by atoms with Crippen LogP contribution in [-0.2, 0) is 4.79 Å². The number of Topliss-reactive ketones (excluding diaryl/α,β-unsaturated/α-hetero) is 1. The Morgan fingerprint density at radius 2 is 1.68 bits per heavy atom. The molecule has 0 N–H and O–H groups in total. The lowest BCUT2D eigenvalue weighted by atomic mass is 9.95. The lowest BCUT2D eigenvalue weighted by Crippen LogP contribution is -2.06. The van der Waals surface area contributed by atoms with E-state index in [1.165, 1.54) is 0 Å². The summed E-state index contributed by atoms with van der Waals surface area (Å²) in [6.07, 6.45) is 4.00. The number of benzene rings is 2. The maximum Gasteiger partial charge on any atom is 0.174 e. The van der Waals surface area contributed by atoms with Crippen molar-refractivity contribution in [1.29, 1.82) is 0 Å². The summed E-state index contributed by atoms with van der Waals surface area (Å²) in [6.45, 7) is 2.00. The Morgan fingerprint density at radius 1 is 1.00 bits per heavy atom. The summed E-state index contributed by atoms with van der Waals surface area (Å²) in [5, 5.41) is 0. The van der Waals surface area contributed by atoms with Crippen molar-refractivity contribution in [1.82, 2.24) is 0 Å². The van der Waals surface area contributed by atoms with Crippen molar-refractivity contribution in [3.63, 3.8) is 0 Å². The van der Waals surface area contributed by atoms with Crippen molar-refractivity contribution in [2.75, 3.05) is 7.11 Å². The predicted molar refractivity (Wildman–Crippen MR) is 88.9 cm³/mol. The Kier molecular flexibility index (Phi) is 3.92. The Balaban J connectivity index is 1.90. The molecule has 1 aliphatic carbocycles. The fourth-order valence-electron chi connectivity index (χ4n) is 2.74. The molecule has 0 spiro atoms. The Hall–Kier alpha value is -2.61. The van der Waals surface area contributed by atoms with E-state index in [1.54, 1.807) is 7.11 Å². The minimum absolute atomic E-state index is 0.161. The number of ether oxygens (including phenoxy) is 1.